The standard InChI is InChI=1S/C27H38N2O3/c1-6-8-17-28-27(31)24(7-2)29(18-22-14-10-9-13-21(22)5)26(30)19-32-25-16-12-11-15-23(25)20(3)4/h9-16,20,24H,6-8,17-19H2,1-5H3,(H,28,31)/t24-/m0/s1. The van der Waals surface area contributed by atoms with Gasteiger partial charge >= 0.3 is 0 Å². The molecular formula is C27H38N2O3. The highest BCUT2D eigenvalue weighted by Gasteiger charge is 2.29. The molecule has 5 heteroatoms. The third kappa shape index (κ3) is 7.11. The van der Waals surface area contributed by atoms with E-state index in [1.165, 1.54) is 0 Å². The Balaban J connectivity index is 2.23. The molecule has 0 spiro atoms. The van der Waals surface area contributed by atoms with E-state index in [9.17, 15) is 9.59 Å². The number of amides is 2. The van der Waals surface area contributed by atoms with E-state index in [0.717, 1.165) is 29.5 Å². The number of aryl methyl sites for hydroxylation is 1. The van der Waals surface area contributed by atoms with Crippen LogP contribution < -0.4 is 10.1 Å². The zero-order valence-corrected chi connectivity index (χ0v) is 20.2. The molecule has 0 saturated carbocycles. The van der Waals surface area contributed by atoms with Gasteiger partial charge in [0.2, 0.25) is 5.91 Å². The Morgan fingerprint density at radius 1 is 1.03 bits per heavy atom. The van der Waals surface area contributed by atoms with Gasteiger partial charge in [0, 0.05) is 13.1 Å². The minimum absolute atomic E-state index is 0.103. The minimum Gasteiger partial charge on any atom is -0.483 e. The quantitative estimate of drug-likeness (QED) is 0.462. The van der Waals surface area contributed by atoms with E-state index < -0.39 is 6.04 Å². The third-order valence-corrected chi connectivity index (χ3v) is 5.71. The number of carbonyl (C=O) groups excluding carboxylic acids is 2. The lowest BCUT2D eigenvalue weighted by Gasteiger charge is -2.31. The van der Waals surface area contributed by atoms with Crippen LogP contribution in [0.5, 0.6) is 5.75 Å². The topological polar surface area (TPSA) is 58.6 Å². The minimum atomic E-state index is -0.539. The maximum absolute atomic E-state index is 13.4. The fourth-order valence-electron chi connectivity index (χ4n) is 3.71. The zero-order chi connectivity index (χ0) is 23.5. The smallest absolute Gasteiger partial charge is 0.261 e. The van der Waals surface area contributed by atoms with Gasteiger partial charge in [-0.15, -0.1) is 0 Å². The maximum atomic E-state index is 13.4. The fraction of sp³-hybridized carbons (Fsp3) is 0.481. The first-order valence-electron chi connectivity index (χ1n) is 11.7. The molecule has 2 rings (SSSR count). The van der Waals surface area contributed by atoms with Crippen molar-refractivity contribution in [3.63, 3.8) is 0 Å². The van der Waals surface area contributed by atoms with Gasteiger partial charge in [-0.25, -0.2) is 0 Å². The molecular weight excluding hydrogens is 400 g/mol. The second-order valence-electron chi connectivity index (χ2n) is 8.50. The van der Waals surface area contributed by atoms with Crippen LogP contribution in [0, 0.1) is 6.92 Å². The molecule has 174 valence electrons. The highest BCUT2D eigenvalue weighted by Crippen LogP contribution is 2.26. The summed E-state index contributed by atoms with van der Waals surface area (Å²) in [5.41, 5.74) is 3.19. The first-order valence-corrected chi connectivity index (χ1v) is 11.7. The number of carbonyl (C=O) groups is 2. The second-order valence-corrected chi connectivity index (χ2v) is 8.50. The fourth-order valence-corrected chi connectivity index (χ4v) is 3.71. The van der Waals surface area contributed by atoms with Gasteiger partial charge in [0.25, 0.3) is 5.91 Å². The number of hydrogen-bond acceptors (Lipinski definition) is 3. The molecule has 1 N–H and O–H groups in total. The molecule has 5 nitrogen and oxygen atoms in total. The van der Waals surface area contributed by atoms with E-state index in [1.807, 2.05) is 62.4 Å². The zero-order valence-electron chi connectivity index (χ0n) is 20.2. The normalized spacial score (nSPS) is 11.8. The number of unbranched alkanes of at least 4 members (excludes halogenated alkanes) is 1. The van der Waals surface area contributed by atoms with Crippen LogP contribution in [0.3, 0.4) is 0 Å². The largest absolute Gasteiger partial charge is 0.483 e. The molecule has 0 radical (unpaired) electrons. The van der Waals surface area contributed by atoms with E-state index in [0.29, 0.717) is 25.3 Å². The molecule has 0 bridgehead atoms. The average Bonchev–Trinajstić information content (AvgIpc) is 2.78. The number of nitrogens with one attached hydrogen (secondary N) is 1. The van der Waals surface area contributed by atoms with Crippen molar-refractivity contribution >= 4 is 11.8 Å². The lowest BCUT2D eigenvalue weighted by atomic mass is 10.0. The first kappa shape index (κ1) is 25.4. The molecule has 0 aliphatic rings. The van der Waals surface area contributed by atoms with Gasteiger partial charge in [-0.1, -0.05) is 76.6 Å². The summed E-state index contributed by atoms with van der Waals surface area (Å²) in [5, 5.41) is 2.99. The second kappa shape index (κ2) is 12.9. The highest BCUT2D eigenvalue weighted by atomic mass is 16.5. The van der Waals surface area contributed by atoms with Crippen LogP contribution in [0.1, 0.15) is 69.6 Å². The molecule has 1 atom stereocenters. The third-order valence-electron chi connectivity index (χ3n) is 5.71. The van der Waals surface area contributed by atoms with Crippen molar-refractivity contribution in [1.82, 2.24) is 10.2 Å². The molecule has 32 heavy (non-hydrogen) atoms. The van der Waals surface area contributed by atoms with Crippen molar-refractivity contribution in [2.45, 2.75) is 72.4 Å². The van der Waals surface area contributed by atoms with Crippen LogP contribution in [0.15, 0.2) is 48.5 Å². The number of benzene rings is 2. The molecule has 0 heterocycles. The van der Waals surface area contributed by atoms with E-state index >= 15 is 0 Å². The summed E-state index contributed by atoms with van der Waals surface area (Å²) in [6, 6.07) is 15.2. The SMILES string of the molecule is CCCCNC(=O)[C@H](CC)N(Cc1ccccc1C)C(=O)COc1ccccc1C(C)C. The molecule has 0 aliphatic heterocycles. The van der Waals surface area contributed by atoms with Gasteiger partial charge < -0.3 is 15.0 Å². The van der Waals surface area contributed by atoms with E-state index in [2.05, 4.69) is 26.1 Å². The Morgan fingerprint density at radius 2 is 1.72 bits per heavy atom. The van der Waals surface area contributed by atoms with Crippen molar-refractivity contribution in [1.29, 1.82) is 0 Å². The summed E-state index contributed by atoms with van der Waals surface area (Å²) < 4.78 is 5.96. The Kier molecular flexibility index (Phi) is 10.3. The predicted octanol–water partition coefficient (Wildman–Crippen LogP) is 5.22. The summed E-state index contributed by atoms with van der Waals surface area (Å²) in [5.74, 6) is 0.707. The highest BCUT2D eigenvalue weighted by molar-refractivity contribution is 5.88. The Hall–Kier alpha value is -2.82. The Bertz CT molecular complexity index is 879. The lowest BCUT2D eigenvalue weighted by Crippen LogP contribution is -2.50. The maximum Gasteiger partial charge on any atom is 0.261 e. The number of hydrogen-bond donors (Lipinski definition) is 1. The van der Waals surface area contributed by atoms with Gasteiger partial charge in [0.1, 0.15) is 11.8 Å². The molecule has 0 aromatic heterocycles. The van der Waals surface area contributed by atoms with Crippen molar-refractivity contribution in [3.05, 3.63) is 65.2 Å². The van der Waals surface area contributed by atoms with Crippen molar-refractivity contribution in [3.8, 4) is 5.75 Å². The summed E-state index contributed by atoms with van der Waals surface area (Å²) in [4.78, 5) is 28.0. The number of ether oxygens (including phenoxy) is 1. The Labute approximate surface area is 193 Å². The van der Waals surface area contributed by atoms with Crippen molar-refractivity contribution in [2.75, 3.05) is 13.2 Å². The van der Waals surface area contributed by atoms with Crippen molar-refractivity contribution < 1.29 is 14.3 Å². The van der Waals surface area contributed by atoms with E-state index in [-0.39, 0.29) is 24.3 Å². The number of rotatable bonds is 12. The predicted molar refractivity (Wildman–Crippen MR) is 130 cm³/mol. The average molecular weight is 439 g/mol. The summed E-state index contributed by atoms with van der Waals surface area (Å²) in [6.45, 7) is 11.1. The van der Waals surface area contributed by atoms with Crippen LogP contribution in [-0.4, -0.2) is 35.9 Å². The van der Waals surface area contributed by atoms with Gasteiger partial charge in [0.15, 0.2) is 6.61 Å². The number of nitrogens with zero attached hydrogens (tertiary/aromatic N) is 1. The van der Waals surface area contributed by atoms with Crippen LogP contribution in [0.2, 0.25) is 0 Å². The van der Waals surface area contributed by atoms with E-state index in [1.54, 1.807) is 4.90 Å². The van der Waals surface area contributed by atoms with Gasteiger partial charge in [-0.2, -0.15) is 0 Å². The van der Waals surface area contributed by atoms with Gasteiger partial charge in [0.05, 0.1) is 0 Å². The molecule has 0 fully saturated rings. The molecule has 2 aromatic carbocycles. The van der Waals surface area contributed by atoms with Crippen molar-refractivity contribution in [2.24, 2.45) is 0 Å². The summed E-state index contributed by atoms with van der Waals surface area (Å²) >= 11 is 0. The van der Waals surface area contributed by atoms with E-state index in [4.69, 9.17) is 4.74 Å². The van der Waals surface area contributed by atoms with Crippen LogP contribution >= 0.6 is 0 Å². The molecule has 2 aromatic rings. The molecule has 0 unspecified atom stereocenters. The van der Waals surface area contributed by atoms with Crippen LogP contribution in [0.4, 0.5) is 0 Å². The summed E-state index contributed by atoms with van der Waals surface area (Å²) in [7, 11) is 0. The first-order chi connectivity index (χ1) is 15.4. The summed E-state index contributed by atoms with van der Waals surface area (Å²) in [6.07, 6.45) is 2.47. The molecule has 0 aliphatic carbocycles. The van der Waals surface area contributed by atoms with Crippen LogP contribution in [-0.2, 0) is 16.1 Å². The molecule has 0 saturated heterocycles. The lowest BCUT2D eigenvalue weighted by molar-refractivity contribution is -0.143. The van der Waals surface area contributed by atoms with Gasteiger partial charge in [-0.05, 0) is 48.4 Å². The Morgan fingerprint density at radius 3 is 2.38 bits per heavy atom. The van der Waals surface area contributed by atoms with Gasteiger partial charge in [-0.3, -0.25) is 9.59 Å². The number of para-hydroxylation sites is 1. The van der Waals surface area contributed by atoms with Crippen LogP contribution in [0.25, 0.3) is 0 Å². The monoisotopic (exact) mass is 438 g/mol. The molecule has 2 amide bonds.